The van der Waals surface area contributed by atoms with Crippen LogP contribution in [0.1, 0.15) is 10.4 Å². The van der Waals surface area contributed by atoms with Gasteiger partial charge in [0, 0.05) is 43.1 Å². The molecule has 29 heavy (non-hydrogen) atoms. The van der Waals surface area contributed by atoms with Crippen molar-refractivity contribution in [3.8, 4) is 11.4 Å². The van der Waals surface area contributed by atoms with Crippen molar-refractivity contribution in [1.82, 2.24) is 9.47 Å². The molecule has 8 heteroatoms. The summed E-state index contributed by atoms with van der Waals surface area (Å²) in [7, 11) is 4.90. The van der Waals surface area contributed by atoms with E-state index in [1.807, 2.05) is 29.1 Å². The van der Waals surface area contributed by atoms with Gasteiger partial charge in [0.1, 0.15) is 5.75 Å². The molecule has 0 spiro atoms. The number of aromatic nitrogens is 1. The molecule has 0 unspecified atom stereocenters. The number of ether oxygens (including phenoxy) is 1. The summed E-state index contributed by atoms with van der Waals surface area (Å²) >= 11 is 7.51. The molecule has 0 aliphatic rings. The minimum absolute atomic E-state index is 0.0658. The zero-order valence-electron chi connectivity index (χ0n) is 16.2. The Kier molecular flexibility index (Phi) is 6.51. The van der Waals surface area contributed by atoms with E-state index in [0.29, 0.717) is 22.0 Å². The summed E-state index contributed by atoms with van der Waals surface area (Å²) in [5.41, 5.74) is 1.65. The SMILES string of the molecule is COc1cc(-n2cccc2)c(Cl)cc1C(=O)Nc1ccc(SC(=O)N(C)C)cc1. The molecule has 0 bridgehead atoms. The topological polar surface area (TPSA) is 63.6 Å². The standard InChI is InChI=1S/C21H20ClN3O3S/c1-24(2)21(27)29-15-8-6-14(7-9-15)23-20(26)16-12-17(22)18(13-19(16)28-3)25-10-4-5-11-25/h4-13H,1-3H3,(H,23,26). The maximum Gasteiger partial charge on any atom is 0.285 e. The molecule has 1 N–H and O–H groups in total. The summed E-state index contributed by atoms with van der Waals surface area (Å²) < 4.78 is 7.25. The lowest BCUT2D eigenvalue weighted by Crippen LogP contribution is -2.16. The number of anilines is 1. The van der Waals surface area contributed by atoms with E-state index in [4.69, 9.17) is 16.3 Å². The molecule has 0 aliphatic heterocycles. The van der Waals surface area contributed by atoms with Gasteiger partial charge < -0.3 is 19.5 Å². The number of rotatable bonds is 5. The van der Waals surface area contributed by atoms with Crippen molar-refractivity contribution in [1.29, 1.82) is 0 Å². The molecule has 0 fully saturated rings. The van der Waals surface area contributed by atoms with Gasteiger partial charge in [-0.05, 0) is 54.2 Å². The van der Waals surface area contributed by atoms with E-state index in [-0.39, 0.29) is 11.1 Å². The predicted molar refractivity (Wildman–Crippen MR) is 117 cm³/mol. The lowest BCUT2D eigenvalue weighted by molar-refractivity contribution is 0.102. The van der Waals surface area contributed by atoms with Crippen LogP contribution in [-0.4, -0.2) is 41.8 Å². The number of halogens is 1. The fourth-order valence-corrected chi connectivity index (χ4v) is 3.50. The number of methoxy groups -OCH3 is 1. The van der Waals surface area contributed by atoms with Crippen LogP contribution < -0.4 is 10.1 Å². The highest BCUT2D eigenvalue weighted by molar-refractivity contribution is 8.13. The van der Waals surface area contributed by atoms with Gasteiger partial charge in [0.25, 0.3) is 11.1 Å². The van der Waals surface area contributed by atoms with Crippen LogP contribution in [0.4, 0.5) is 10.5 Å². The third-order valence-corrected chi connectivity index (χ3v) is 5.43. The molecule has 0 saturated carbocycles. The summed E-state index contributed by atoms with van der Waals surface area (Å²) in [5.74, 6) is 0.0759. The molecule has 6 nitrogen and oxygen atoms in total. The Balaban J connectivity index is 1.78. The van der Waals surface area contributed by atoms with E-state index in [2.05, 4.69) is 5.32 Å². The second-order valence-electron chi connectivity index (χ2n) is 6.34. The predicted octanol–water partition coefficient (Wildman–Crippen LogP) is 5.17. The van der Waals surface area contributed by atoms with Gasteiger partial charge in [0.05, 0.1) is 23.4 Å². The van der Waals surface area contributed by atoms with Crippen molar-refractivity contribution >= 4 is 40.2 Å². The van der Waals surface area contributed by atoms with E-state index in [9.17, 15) is 9.59 Å². The number of benzene rings is 2. The third-order valence-electron chi connectivity index (χ3n) is 4.08. The molecular formula is C21H20ClN3O3S. The summed E-state index contributed by atoms with van der Waals surface area (Å²) in [5, 5.41) is 3.19. The summed E-state index contributed by atoms with van der Waals surface area (Å²) in [6.45, 7) is 0. The van der Waals surface area contributed by atoms with Gasteiger partial charge in [-0.2, -0.15) is 0 Å². The third kappa shape index (κ3) is 4.93. The monoisotopic (exact) mass is 429 g/mol. The van der Waals surface area contributed by atoms with E-state index in [0.717, 1.165) is 22.3 Å². The van der Waals surface area contributed by atoms with Crippen LogP contribution in [0.3, 0.4) is 0 Å². The van der Waals surface area contributed by atoms with Gasteiger partial charge in [-0.3, -0.25) is 9.59 Å². The number of nitrogens with zero attached hydrogens (tertiary/aromatic N) is 2. The number of hydrogen-bond acceptors (Lipinski definition) is 4. The second kappa shape index (κ2) is 9.07. The van der Waals surface area contributed by atoms with Gasteiger partial charge >= 0.3 is 0 Å². The number of thioether (sulfide) groups is 1. The molecule has 2 amide bonds. The molecule has 1 heterocycles. The Morgan fingerprint density at radius 2 is 1.76 bits per heavy atom. The summed E-state index contributed by atoms with van der Waals surface area (Å²) in [6, 6.07) is 14.1. The normalized spacial score (nSPS) is 10.5. The first-order valence-corrected chi connectivity index (χ1v) is 9.90. The van der Waals surface area contributed by atoms with Crippen LogP contribution in [0.15, 0.2) is 65.8 Å². The Hall–Kier alpha value is -2.90. The molecular weight excluding hydrogens is 410 g/mol. The molecule has 1 aromatic heterocycles. The number of hydrogen-bond donors (Lipinski definition) is 1. The average Bonchev–Trinajstić information content (AvgIpc) is 3.23. The fourth-order valence-electron chi connectivity index (χ4n) is 2.58. The van der Waals surface area contributed by atoms with Gasteiger partial charge in [-0.15, -0.1) is 0 Å². The van der Waals surface area contributed by atoms with Crippen LogP contribution in [0.5, 0.6) is 5.75 Å². The first-order chi connectivity index (χ1) is 13.9. The first-order valence-electron chi connectivity index (χ1n) is 8.70. The molecule has 0 atom stereocenters. The maximum atomic E-state index is 12.8. The minimum Gasteiger partial charge on any atom is -0.496 e. The summed E-state index contributed by atoms with van der Waals surface area (Å²) in [6.07, 6.45) is 3.72. The average molecular weight is 430 g/mol. The summed E-state index contributed by atoms with van der Waals surface area (Å²) in [4.78, 5) is 26.8. The molecule has 0 aliphatic carbocycles. The Labute approximate surface area is 178 Å². The fraction of sp³-hybridized carbons (Fsp3) is 0.143. The highest BCUT2D eigenvalue weighted by Crippen LogP contribution is 2.31. The number of nitrogens with one attached hydrogen (secondary N) is 1. The Bertz CT molecular complexity index is 1020. The van der Waals surface area contributed by atoms with Crippen molar-refractivity contribution in [2.75, 3.05) is 26.5 Å². The number of carbonyl (C=O) groups is 2. The number of amides is 2. The molecule has 0 saturated heterocycles. The first kappa shape index (κ1) is 20.8. The highest BCUT2D eigenvalue weighted by Gasteiger charge is 2.17. The van der Waals surface area contributed by atoms with Gasteiger partial charge in [-0.1, -0.05) is 11.6 Å². The van der Waals surface area contributed by atoms with Crippen molar-refractivity contribution in [3.63, 3.8) is 0 Å². The minimum atomic E-state index is -0.340. The maximum absolute atomic E-state index is 12.8. The number of carbonyl (C=O) groups excluding carboxylic acids is 2. The van der Waals surface area contributed by atoms with E-state index in [1.54, 1.807) is 50.5 Å². The Morgan fingerprint density at radius 3 is 2.34 bits per heavy atom. The zero-order chi connectivity index (χ0) is 21.0. The second-order valence-corrected chi connectivity index (χ2v) is 7.77. The molecule has 2 aromatic carbocycles. The van der Waals surface area contributed by atoms with Crippen molar-refractivity contribution in [2.45, 2.75) is 4.90 Å². The lowest BCUT2D eigenvalue weighted by Gasteiger charge is -2.14. The molecule has 0 radical (unpaired) electrons. The zero-order valence-corrected chi connectivity index (χ0v) is 17.8. The van der Waals surface area contributed by atoms with Gasteiger partial charge in [-0.25, -0.2) is 0 Å². The van der Waals surface area contributed by atoms with Gasteiger partial charge in [0.15, 0.2) is 0 Å². The molecule has 150 valence electrons. The van der Waals surface area contributed by atoms with E-state index >= 15 is 0 Å². The molecule has 3 aromatic rings. The van der Waals surface area contributed by atoms with Crippen LogP contribution >= 0.6 is 23.4 Å². The van der Waals surface area contributed by atoms with E-state index < -0.39 is 0 Å². The largest absolute Gasteiger partial charge is 0.496 e. The molecule has 3 rings (SSSR count). The smallest absolute Gasteiger partial charge is 0.285 e. The van der Waals surface area contributed by atoms with Crippen LogP contribution in [0.2, 0.25) is 5.02 Å². The van der Waals surface area contributed by atoms with Crippen molar-refractivity contribution in [3.05, 3.63) is 71.5 Å². The lowest BCUT2D eigenvalue weighted by atomic mass is 10.1. The van der Waals surface area contributed by atoms with Gasteiger partial charge in [0.2, 0.25) is 0 Å². The Morgan fingerprint density at radius 1 is 1.10 bits per heavy atom. The quantitative estimate of drug-likeness (QED) is 0.568. The van der Waals surface area contributed by atoms with Crippen LogP contribution in [0.25, 0.3) is 5.69 Å². The van der Waals surface area contributed by atoms with Crippen LogP contribution in [-0.2, 0) is 0 Å². The van der Waals surface area contributed by atoms with Crippen LogP contribution in [0, 0.1) is 0 Å². The van der Waals surface area contributed by atoms with Crippen molar-refractivity contribution in [2.24, 2.45) is 0 Å². The van der Waals surface area contributed by atoms with Crippen molar-refractivity contribution < 1.29 is 14.3 Å². The van der Waals surface area contributed by atoms with E-state index in [1.165, 1.54) is 12.0 Å². The highest BCUT2D eigenvalue weighted by atomic mass is 35.5.